The van der Waals surface area contributed by atoms with E-state index in [2.05, 4.69) is 279 Å². The van der Waals surface area contributed by atoms with Gasteiger partial charge in [0, 0.05) is 22.2 Å². The van der Waals surface area contributed by atoms with Crippen LogP contribution in [0.15, 0.2) is 267 Å². The molecule has 0 heterocycles. The maximum atomic E-state index is 2.47. The van der Waals surface area contributed by atoms with Gasteiger partial charge in [-0.25, -0.2) is 0 Å². The van der Waals surface area contributed by atoms with Crippen molar-refractivity contribution in [1.82, 2.24) is 0 Å². The van der Waals surface area contributed by atoms with E-state index < -0.39 is 0 Å². The third kappa shape index (κ3) is 6.61. The highest BCUT2D eigenvalue weighted by atomic mass is 15.1. The van der Waals surface area contributed by atoms with E-state index in [0.29, 0.717) is 0 Å². The number of rotatable bonds is 8. The molecule has 0 saturated heterocycles. The molecule has 0 amide bonds. The average molecular weight is 878 g/mol. The Bertz CT molecular complexity index is 3880. The van der Waals surface area contributed by atoms with E-state index >= 15 is 0 Å². The zero-order valence-electron chi connectivity index (χ0n) is 38.4. The van der Waals surface area contributed by atoms with Gasteiger partial charge in [0.15, 0.2) is 0 Å². The second-order valence-corrected chi connectivity index (χ2v) is 18.5. The van der Waals surface area contributed by atoms with Crippen LogP contribution >= 0.6 is 0 Å². The molecule has 0 spiro atoms. The molecule has 1 heteroatoms. The predicted octanol–water partition coefficient (Wildman–Crippen LogP) is 18.6. The Morgan fingerprint density at radius 1 is 0.275 bits per heavy atom. The van der Waals surface area contributed by atoms with Gasteiger partial charge in [0.1, 0.15) is 0 Å². The Labute approximate surface area is 403 Å². The first-order chi connectivity index (χ1) is 34.1. The van der Waals surface area contributed by atoms with E-state index in [-0.39, 0.29) is 5.41 Å². The quantitative estimate of drug-likeness (QED) is 0.138. The minimum Gasteiger partial charge on any atom is -0.310 e. The number of fused-ring (bicyclic) bond motifs is 7. The topological polar surface area (TPSA) is 3.24 Å². The van der Waals surface area contributed by atoms with Gasteiger partial charge in [-0.2, -0.15) is 0 Å². The van der Waals surface area contributed by atoms with Gasteiger partial charge in [0.25, 0.3) is 0 Å². The lowest BCUT2D eigenvalue weighted by atomic mass is 9.74. The van der Waals surface area contributed by atoms with Crippen LogP contribution in [0.5, 0.6) is 0 Å². The Hall–Kier alpha value is -8.78. The van der Waals surface area contributed by atoms with Crippen molar-refractivity contribution >= 4 is 49.4 Å². The van der Waals surface area contributed by atoms with E-state index in [0.717, 1.165) is 17.1 Å². The monoisotopic (exact) mass is 877 g/mol. The number of hydrogen-bond donors (Lipinski definition) is 0. The molecule has 0 N–H and O–H groups in total. The van der Waals surface area contributed by atoms with Crippen LogP contribution in [0.25, 0.3) is 88.0 Å². The SMILES string of the molecule is CC1(c2ccccc2)c2ccccc2-c2ccc(N(c3ccc(-c4ccc5c(c4)c(-c4ccccc4)c(-c4ccccc4)c4ccccc45)cc3)c3ccc(-c4ccccc4)c4ccccc34)cc21. The highest BCUT2D eigenvalue weighted by molar-refractivity contribution is 6.22. The summed E-state index contributed by atoms with van der Waals surface area (Å²) < 4.78 is 0. The van der Waals surface area contributed by atoms with Crippen molar-refractivity contribution in [2.45, 2.75) is 12.3 Å². The fraction of sp³-hybridized carbons (Fsp3) is 0.0294. The van der Waals surface area contributed by atoms with Crippen LogP contribution in [0.1, 0.15) is 23.6 Å². The van der Waals surface area contributed by atoms with E-state index in [1.165, 1.54) is 105 Å². The van der Waals surface area contributed by atoms with Gasteiger partial charge in [-0.15, -0.1) is 0 Å². The molecule has 12 aromatic rings. The van der Waals surface area contributed by atoms with Crippen molar-refractivity contribution in [3.63, 3.8) is 0 Å². The molecular weight excluding hydrogens is 831 g/mol. The molecule has 324 valence electrons. The van der Waals surface area contributed by atoms with Crippen molar-refractivity contribution in [3.8, 4) is 55.6 Å². The fourth-order valence-corrected chi connectivity index (χ4v) is 11.5. The van der Waals surface area contributed by atoms with E-state index in [1.807, 2.05) is 0 Å². The molecule has 1 atom stereocenters. The molecule has 1 nitrogen and oxygen atoms in total. The van der Waals surface area contributed by atoms with Gasteiger partial charge in [-0.1, -0.05) is 231 Å². The summed E-state index contributed by atoms with van der Waals surface area (Å²) >= 11 is 0. The lowest BCUT2D eigenvalue weighted by Gasteiger charge is -2.31. The summed E-state index contributed by atoms with van der Waals surface area (Å²) in [6.07, 6.45) is 0. The zero-order valence-corrected chi connectivity index (χ0v) is 38.4. The highest BCUT2D eigenvalue weighted by Crippen LogP contribution is 2.54. The normalized spacial score (nSPS) is 13.9. The van der Waals surface area contributed by atoms with Crippen molar-refractivity contribution < 1.29 is 0 Å². The Balaban J connectivity index is 1.00. The zero-order chi connectivity index (χ0) is 45.9. The van der Waals surface area contributed by atoms with Crippen molar-refractivity contribution in [2.75, 3.05) is 4.90 Å². The first-order valence-electron chi connectivity index (χ1n) is 24.0. The Morgan fingerprint density at radius 3 is 1.46 bits per heavy atom. The number of anilines is 3. The minimum atomic E-state index is -0.335. The molecule has 1 unspecified atom stereocenters. The third-order valence-corrected chi connectivity index (χ3v) is 14.7. The predicted molar refractivity (Wildman–Crippen MR) is 293 cm³/mol. The lowest BCUT2D eigenvalue weighted by molar-refractivity contribution is 0.714. The van der Waals surface area contributed by atoms with Crippen molar-refractivity contribution in [2.24, 2.45) is 0 Å². The second-order valence-electron chi connectivity index (χ2n) is 18.5. The van der Waals surface area contributed by atoms with Gasteiger partial charge >= 0.3 is 0 Å². The van der Waals surface area contributed by atoms with Crippen molar-refractivity contribution in [1.29, 1.82) is 0 Å². The summed E-state index contributed by atoms with van der Waals surface area (Å²) in [5.41, 5.74) is 19.3. The molecule has 0 aromatic heterocycles. The smallest absolute Gasteiger partial charge is 0.0540 e. The molecule has 0 aliphatic heterocycles. The summed E-state index contributed by atoms with van der Waals surface area (Å²) in [6.45, 7) is 2.40. The molecule has 0 saturated carbocycles. The summed E-state index contributed by atoms with van der Waals surface area (Å²) in [6, 6.07) is 98.4. The number of benzene rings is 12. The van der Waals surface area contributed by atoms with Crippen LogP contribution in [0.4, 0.5) is 17.1 Å². The van der Waals surface area contributed by atoms with Crippen LogP contribution in [-0.2, 0) is 5.41 Å². The third-order valence-electron chi connectivity index (χ3n) is 14.7. The molecule has 0 bridgehead atoms. The fourth-order valence-electron chi connectivity index (χ4n) is 11.5. The number of hydrogen-bond acceptors (Lipinski definition) is 1. The van der Waals surface area contributed by atoms with Crippen LogP contribution < -0.4 is 4.90 Å². The second kappa shape index (κ2) is 16.5. The average Bonchev–Trinajstić information content (AvgIpc) is 3.69. The molecule has 12 aromatic carbocycles. The molecule has 1 aliphatic rings. The largest absolute Gasteiger partial charge is 0.310 e. The Kier molecular flexibility index (Phi) is 9.70. The van der Waals surface area contributed by atoms with Gasteiger partial charge in [0.05, 0.1) is 5.69 Å². The summed E-state index contributed by atoms with van der Waals surface area (Å²) in [7, 11) is 0. The standard InChI is InChI=1S/C68H47N/c1-68(51-26-12-5-13-27-51)63-33-19-18-30-58(63)59-41-39-53(45-64(59)68)69(65-43-42-54(47-20-6-2-7-21-47)55-28-14-16-31-60(55)65)52-37-34-46(35-38-52)50-36-40-57-56-29-15-17-32-61(56)66(48-22-8-3-9-23-48)67(62(57)44-50)49-24-10-4-11-25-49/h2-45H,1H3. The number of nitrogens with zero attached hydrogens (tertiary/aromatic N) is 1. The van der Waals surface area contributed by atoms with Crippen LogP contribution in [-0.4, -0.2) is 0 Å². The molecule has 0 fully saturated rings. The summed E-state index contributed by atoms with van der Waals surface area (Å²) in [5.74, 6) is 0. The maximum absolute atomic E-state index is 2.47. The van der Waals surface area contributed by atoms with E-state index in [1.54, 1.807) is 0 Å². The lowest BCUT2D eigenvalue weighted by Crippen LogP contribution is -2.22. The first-order valence-corrected chi connectivity index (χ1v) is 24.0. The molecule has 13 rings (SSSR count). The van der Waals surface area contributed by atoms with Crippen LogP contribution in [0.3, 0.4) is 0 Å². The van der Waals surface area contributed by atoms with Gasteiger partial charge < -0.3 is 4.90 Å². The van der Waals surface area contributed by atoms with Gasteiger partial charge in [-0.05, 0) is 143 Å². The summed E-state index contributed by atoms with van der Waals surface area (Å²) in [4.78, 5) is 2.47. The van der Waals surface area contributed by atoms with E-state index in [9.17, 15) is 0 Å². The molecule has 69 heavy (non-hydrogen) atoms. The van der Waals surface area contributed by atoms with Crippen LogP contribution in [0.2, 0.25) is 0 Å². The molecular formula is C68H47N. The molecule has 0 radical (unpaired) electrons. The Morgan fingerprint density at radius 2 is 0.768 bits per heavy atom. The minimum absolute atomic E-state index is 0.335. The van der Waals surface area contributed by atoms with E-state index in [4.69, 9.17) is 0 Å². The highest BCUT2D eigenvalue weighted by Gasteiger charge is 2.41. The maximum Gasteiger partial charge on any atom is 0.0540 e. The van der Waals surface area contributed by atoms with Gasteiger partial charge in [0.2, 0.25) is 0 Å². The van der Waals surface area contributed by atoms with Gasteiger partial charge in [-0.3, -0.25) is 0 Å². The van der Waals surface area contributed by atoms with Crippen molar-refractivity contribution in [3.05, 3.63) is 284 Å². The summed E-state index contributed by atoms with van der Waals surface area (Å²) in [5, 5.41) is 7.43. The molecule has 1 aliphatic carbocycles. The first kappa shape index (κ1) is 40.5. The van der Waals surface area contributed by atoms with Crippen LogP contribution in [0, 0.1) is 0 Å².